The van der Waals surface area contributed by atoms with Crippen molar-refractivity contribution in [2.45, 2.75) is 33.6 Å². The van der Waals surface area contributed by atoms with Crippen molar-refractivity contribution in [3.63, 3.8) is 0 Å². The first-order valence-electron chi connectivity index (χ1n) is 7.66. The lowest BCUT2D eigenvalue weighted by Gasteiger charge is -2.31. The van der Waals surface area contributed by atoms with Gasteiger partial charge < -0.3 is 10.1 Å². The second-order valence-corrected chi connectivity index (χ2v) is 6.78. The zero-order valence-corrected chi connectivity index (χ0v) is 14.5. The van der Waals surface area contributed by atoms with Gasteiger partial charge in [-0.1, -0.05) is 50.6 Å². The van der Waals surface area contributed by atoms with Crippen LogP contribution in [0, 0.1) is 33.8 Å². The van der Waals surface area contributed by atoms with Gasteiger partial charge in [-0.05, 0) is 12.5 Å². The van der Waals surface area contributed by atoms with Gasteiger partial charge in [0.15, 0.2) is 0 Å². The SMILES string of the molecule is CNC1=C([N+](=O)[O-])C(c2cccc(C)c2)C(C#N)=C(C(C)(C)C)O1. The summed E-state index contributed by atoms with van der Waals surface area (Å²) in [4.78, 5) is 11.2. The smallest absolute Gasteiger partial charge is 0.318 e. The zero-order chi connectivity index (χ0) is 18.1. The van der Waals surface area contributed by atoms with E-state index in [4.69, 9.17) is 4.74 Å². The van der Waals surface area contributed by atoms with E-state index in [1.807, 2.05) is 45.9 Å². The summed E-state index contributed by atoms with van der Waals surface area (Å²) >= 11 is 0. The van der Waals surface area contributed by atoms with E-state index in [0.29, 0.717) is 11.3 Å². The lowest BCUT2D eigenvalue weighted by Crippen LogP contribution is -2.30. The highest BCUT2D eigenvalue weighted by Crippen LogP contribution is 2.44. The van der Waals surface area contributed by atoms with Crippen molar-refractivity contribution >= 4 is 0 Å². The van der Waals surface area contributed by atoms with E-state index in [0.717, 1.165) is 5.56 Å². The molecule has 1 heterocycles. The molecule has 1 aromatic rings. The maximum Gasteiger partial charge on any atom is 0.318 e. The molecule has 1 atom stereocenters. The van der Waals surface area contributed by atoms with Gasteiger partial charge >= 0.3 is 5.70 Å². The monoisotopic (exact) mass is 327 g/mol. The molecule has 24 heavy (non-hydrogen) atoms. The third-order valence-electron chi connectivity index (χ3n) is 3.84. The van der Waals surface area contributed by atoms with Crippen molar-refractivity contribution < 1.29 is 9.66 Å². The third kappa shape index (κ3) is 3.11. The van der Waals surface area contributed by atoms with Crippen LogP contribution in [-0.4, -0.2) is 12.0 Å². The lowest BCUT2D eigenvalue weighted by molar-refractivity contribution is -0.433. The number of ether oxygens (including phenoxy) is 1. The van der Waals surface area contributed by atoms with E-state index < -0.39 is 16.3 Å². The van der Waals surface area contributed by atoms with Crippen LogP contribution in [0.1, 0.15) is 37.8 Å². The molecule has 0 aromatic heterocycles. The molecule has 2 rings (SSSR count). The zero-order valence-electron chi connectivity index (χ0n) is 14.5. The number of hydrogen-bond acceptors (Lipinski definition) is 5. The van der Waals surface area contributed by atoms with Gasteiger partial charge in [-0.3, -0.25) is 10.1 Å². The van der Waals surface area contributed by atoms with E-state index in [9.17, 15) is 15.4 Å². The molecule has 0 radical (unpaired) electrons. The number of nitriles is 1. The van der Waals surface area contributed by atoms with Gasteiger partial charge in [0, 0.05) is 12.5 Å². The molecule has 1 unspecified atom stereocenters. The van der Waals surface area contributed by atoms with Crippen molar-refractivity contribution in [3.05, 3.63) is 68.4 Å². The van der Waals surface area contributed by atoms with Crippen molar-refractivity contribution in [2.75, 3.05) is 7.05 Å². The Hall–Kier alpha value is -2.81. The van der Waals surface area contributed by atoms with Crippen molar-refractivity contribution in [2.24, 2.45) is 5.41 Å². The quantitative estimate of drug-likeness (QED) is 0.677. The highest BCUT2D eigenvalue weighted by Gasteiger charge is 2.44. The van der Waals surface area contributed by atoms with E-state index in [-0.39, 0.29) is 17.2 Å². The second-order valence-electron chi connectivity index (χ2n) is 6.78. The predicted molar refractivity (Wildman–Crippen MR) is 90.2 cm³/mol. The predicted octanol–water partition coefficient (Wildman–Crippen LogP) is 3.60. The van der Waals surface area contributed by atoms with Crippen LogP contribution in [0.15, 0.2) is 47.2 Å². The highest BCUT2D eigenvalue weighted by atomic mass is 16.6. The lowest BCUT2D eigenvalue weighted by atomic mass is 9.80. The van der Waals surface area contributed by atoms with Gasteiger partial charge in [0.2, 0.25) is 0 Å². The maximum atomic E-state index is 11.7. The van der Waals surface area contributed by atoms with Crippen LogP contribution < -0.4 is 5.32 Å². The first kappa shape index (κ1) is 17.5. The molecule has 0 spiro atoms. The normalized spacial score (nSPS) is 18.1. The average Bonchev–Trinajstić information content (AvgIpc) is 2.51. The Balaban J connectivity index is 2.80. The van der Waals surface area contributed by atoms with E-state index in [2.05, 4.69) is 11.4 Å². The van der Waals surface area contributed by atoms with Crippen molar-refractivity contribution in [1.29, 1.82) is 5.26 Å². The number of benzene rings is 1. The Labute approximate surface area is 141 Å². The molecule has 0 aliphatic carbocycles. The Morgan fingerprint density at radius 1 is 1.38 bits per heavy atom. The molecule has 0 bridgehead atoms. The molecule has 1 N–H and O–H groups in total. The maximum absolute atomic E-state index is 11.7. The summed E-state index contributed by atoms with van der Waals surface area (Å²) in [6.07, 6.45) is 0. The van der Waals surface area contributed by atoms with Gasteiger partial charge in [0.25, 0.3) is 5.88 Å². The van der Waals surface area contributed by atoms with Crippen LogP contribution in [0.2, 0.25) is 0 Å². The number of allylic oxidation sites excluding steroid dienone is 2. The Morgan fingerprint density at radius 2 is 2.04 bits per heavy atom. The number of nitrogens with zero attached hydrogens (tertiary/aromatic N) is 2. The van der Waals surface area contributed by atoms with Gasteiger partial charge in [-0.15, -0.1) is 0 Å². The number of rotatable bonds is 3. The third-order valence-corrected chi connectivity index (χ3v) is 3.84. The fourth-order valence-electron chi connectivity index (χ4n) is 2.82. The van der Waals surface area contributed by atoms with Crippen LogP contribution >= 0.6 is 0 Å². The summed E-state index contributed by atoms with van der Waals surface area (Å²) < 4.78 is 5.74. The molecular formula is C18H21N3O3. The average molecular weight is 327 g/mol. The molecule has 6 heteroatoms. The van der Waals surface area contributed by atoms with Crippen LogP contribution in [0.25, 0.3) is 0 Å². The number of hydrogen-bond donors (Lipinski definition) is 1. The number of aryl methyl sites for hydroxylation is 1. The molecule has 0 saturated carbocycles. The van der Waals surface area contributed by atoms with Crippen molar-refractivity contribution in [1.82, 2.24) is 5.32 Å². The minimum Gasteiger partial charge on any atom is -0.438 e. The summed E-state index contributed by atoms with van der Waals surface area (Å²) in [5.41, 5.74) is 1.35. The van der Waals surface area contributed by atoms with E-state index >= 15 is 0 Å². The molecular weight excluding hydrogens is 306 g/mol. The molecule has 126 valence electrons. The van der Waals surface area contributed by atoms with Crippen molar-refractivity contribution in [3.8, 4) is 6.07 Å². The van der Waals surface area contributed by atoms with Gasteiger partial charge in [-0.2, -0.15) is 5.26 Å². The largest absolute Gasteiger partial charge is 0.438 e. The fraction of sp³-hybridized carbons (Fsp3) is 0.389. The summed E-state index contributed by atoms with van der Waals surface area (Å²) in [5.74, 6) is -0.239. The Bertz CT molecular complexity index is 779. The molecule has 1 aliphatic rings. The van der Waals surface area contributed by atoms with Crippen LogP contribution in [0.3, 0.4) is 0 Å². The highest BCUT2D eigenvalue weighted by molar-refractivity contribution is 5.48. The van der Waals surface area contributed by atoms with Gasteiger partial charge in [-0.25, -0.2) is 0 Å². The standard InChI is InChI=1S/C18H21N3O3/c1-11-7-6-8-12(9-11)14-13(10-19)16(18(2,3)4)24-17(20-5)15(14)21(22)23/h6-9,14,20H,1-5H3. The first-order valence-corrected chi connectivity index (χ1v) is 7.66. The molecule has 0 saturated heterocycles. The summed E-state index contributed by atoms with van der Waals surface area (Å²) in [6, 6.07) is 9.57. The van der Waals surface area contributed by atoms with Crippen LogP contribution in [0.4, 0.5) is 0 Å². The summed E-state index contributed by atoms with van der Waals surface area (Å²) in [5, 5.41) is 24.2. The van der Waals surface area contributed by atoms with E-state index in [1.165, 1.54) is 0 Å². The minimum atomic E-state index is -0.768. The van der Waals surface area contributed by atoms with Crippen LogP contribution in [0.5, 0.6) is 0 Å². The van der Waals surface area contributed by atoms with Gasteiger partial charge in [0.05, 0.1) is 16.6 Å². The molecule has 0 amide bonds. The molecule has 1 aromatic carbocycles. The number of nitro groups is 1. The van der Waals surface area contributed by atoms with Gasteiger partial charge in [0.1, 0.15) is 11.7 Å². The Morgan fingerprint density at radius 3 is 2.50 bits per heavy atom. The summed E-state index contributed by atoms with van der Waals surface area (Å²) in [6.45, 7) is 7.66. The second kappa shape index (κ2) is 6.36. The minimum absolute atomic E-state index is 0.0791. The first-order chi connectivity index (χ1) is 11.2. The fourth-order valence-corrected chi connectivity index (χ4v) is 2.82. The number of nitrogens with one attached hydrogen (secondary N) is 1. The summed E-state index contributed by atoms with van der Waals surface area (Å²) in [7, 11) is 1.57. The topological polar surface area (TPSA) is 88.2 Å². The molecule has 6 nitrogen and oxygen atoms in total. The van der Waals surface area contributed by atoms with E-state index in [1.54, 1.807) is 13.1 Å². The van der Waals surface area contributed by atoms with Crippen LogP contribution in [-0.2, 0) is 4.74 Å². The molecule has 1 aliphatic heterocycles. The molecule has 0 fully saturated rings. The Kier molecular flexibility index (Phi) is 4.65.